The van der Waals surface area contributed by atoms with E-state index in [0.717, 1.165) is 16.8 Å². The van der Waals surface area contributed by atoms with E-state index in [1.165, 1.54) is 0 Å². The molecule has 0 saturated carbocycles. The first-order valence-corrected chi connectivity index (χ1v) is 5.68. The van der Waals surface area contributed by atoms with Crippen molar-refractivity contribution in [1.82, 2.24) is 15.1 Å². The van der Waals surface area contributed by atoms with Crippen molar-refractivity contribution >= 4 is 21.7 Å². The van der Waals surface area contributed by atoms with E-state index in [0.29, 0.717) is 18.1 Å². The quantitative estimate of drug-likeness (QED) is 0.931. The van der Waals surface area contributed by atoms with Gasteiger partial charge in [-0.05, 0) is 35.0 Å². The summed E-state index contributed by atoms with van der Waals surface area (Å²) in [4.78, 5) is 8.30. The van der Waals surface area contributed by atoms with Gasteiger partial charge in [0.15, 0.2) is 5.82 Å². The van der Waals surface area contributed by atoms with Crippen LogP contribution in [0.2, 0.25) is 0 Å². The summed E-state index contributed by atoms with van der Waals surface area (Å²) in [5.74, 6) is 2.14. The van der Waals surface area contributed by atoms with Gasteiger partial charge in [0.05, 0.1) is 0 Å². The molecule has 6 heteroatoms. The Morgan fingerprint density at radius 1 is 1.44 bits per heavy atom. The molecule has 0 saturated heterocycles. The second-order valence-corrected chi connectivity index (χ2v) is 4.19. The number of aromatic nitrogens is 3. The van der Waals surface area contributed by atoms with E-state index in [9.17, 15) is 0 Å². The minimum absolute atomic E-state index is 0.641. The molecular formula is C10H11BrN4O. The van der Waals surface area contributed by atoms with E-state index < -0.39 is 0 Å². The Labute approximate surface area is 101 Å². The van der Waals surface area contributed by atoms with Gasteiger partial charge in [-0.2, -0.15) is 4.98 Å². The van der Waals surface area contributed by atoms with Gasteiger partial charge >= 0.3 is 0 Å². The lowest BCUT2D eigenvalue weighted by atomic mass is 10.4. The van der Waals surface area contributed by atoms with Gasteiger partial charge in [0.1, 0.15) is 5.82 Å². The second-order valence-electron chi connectivity index (χ2n) is 3.27. The summed E-state index contributed by atoms with van der Waals surface area (Å²) in [5.41, 5.74) is 0. The average Bonchev–Trinajstić information content (AvgIpc) is 2.67. The van der Waals surface area contributed by atoms with E-state index in [1.807, 2.05) is 12.1 Å². The van der Waals surface area contributed by atoms with Crippen molar-refractivity contribution < 1.29 is 4.52 Å². The third-order valence-corrected chi connectivity index (χ3v) is 2.41. The summed E-state index contributed by atoms with van der Waals surface area (Å²) in [6.07, 6.45) is 2.44. The molecule has 2 rings (SSSR count). The molecule has 2 heterocycles. The Balaban J connectivity index is 1.82. The summed E-state index contributed by atoms with van der Waals surface area (Å²) in [7, 11) is 0. The zero-order valence-electron chi connectivity index (χ0n) is 8.77. The van der Waals surface area contributed by atoms with Gasteiger partial charge in [0.2, 0.25) is 5.89 Å². The highest BCUT2D eigenvalue weighted by atomic mass is 79.9. The Bertz CT molecular complexity index is 454. The first-order valence-electron chi connectivity index (χ1n) is 4.88. The van der Waals surface area contributed by atoms with Crippen LogP contribution >= 0.6 is 15.9 Å². The minimum Gasteiger partial charge on any atom is -0.370 e. The fourth-order valence-electron chi connectivity index (χ4n) is 1.22. The van der Waals surface area contributed by atoms with Crippen molar-refractivity contribution in [3.63, 3.8) is 0 Å². The SMILES string of the molecule is Cc1noc(CCNc2ccc(Br)cn2)n1. The van der Waals surface area contributed by atoms with Crippen molar-refractivity contribution in [2.24, 2.45) is 0 Å². The van der Waals surface area contributed by atoms with Crippen LogP contribution in [0.5, 0.6) is 0 Å². The Kier molecular flexibility index (Phi) is 3.51. The maximum Gasteiger partial charge on any atom is 0.228 e. The summed E-state index contributed by atoms with van der Waals surface area (Å²) in [6.45, 7) is 2.52. The number of pyridine rings is 1. The van der Waals surface area contributed by atoms with Crippen LogP contribution in [0.4, 0.5) is 5.82 Å². The molecule has 0 aliphatic carbocycles. The monoisotopic (exact) mass is 282 g/mol. The van der Waals surface area contributed by atoms with Gasteiger partial charge in [-0.15, -0.1) is 0 Å². The normalized spacial score (nSPS) is 10.4. The zero-order valence-corrected chi connectivity index (χ0v) is 10.4. The standard InChI is InChI=1S/C10H11BrN4O/c1-7-14-10(16-15-7)4-5-12-9-3-2-8(11)6-13-9/h2-3,6H,4-5H2,1H3,(H,12,13). The van der Waals surface area contributed by atoms with Gasteiger partial charge in [-0.25, -0.2) is 4.98 Å². The molecule has 16 heavy (non-hydrogen) atoms. The van der Waals surface area contributed by atoms with Gasteiger partial charge in [0, 0.05) is 23.6 Å². The van der Waals surface area contributed by atoms with Crippen LogP contribution in [0, 0.1) is 6.92 Å². The molecular weight excluding hydrogens is 272 g/mol. The van der Waals surface area contributed by atoms with Crippen molar-refractivity contribution in [3.05, 3.63) is 34.5 Å². The fraction of sp³-hybridized carbons (Fsp3) is 0.300. The van der Waals surface area contributed by atoms with Crippen LogP contribution in [0.1, 0.15) is 11.7 Å². The van der Waals surface area contributed by atoms with E-state index >= 15 is 0 Å². The number of halogens is 1. The summed E-state index contributed by atoms with van der Waals surface area (Å²) >= 11 is 3.33. The molecule has 84 valence electrons. The molecule has 0 atom stereocenters. The van der Waals surface area contributed by atoms with E-state index in [-0.39, 0.29) is 0 Å². The first-order chi connectivity index (χ1) is 7.74. The molecule has 0 fully saturated rings. The molecule has 0 amide bonds. The summed E-state index contributed by atoms with van der Waals surface area (Å²) in [5, 5.41) is 6.89. The Hall–Kier alpha value is -1.43. The summed E-state index contributed by atoms with van der Waals surface area (Å²) in [6, 6.07) is 3.84. The van der Waals surface area contributed by atoms with Gasteiger partial charge in [-0.1, -0.05) is 5.16 Å². The largest absolute Gasteiger partial charge is 0.370 e. The minimum atomic E-state index is 0.641. The molecule has 0 aliphatic rings. The Morgan fingerprint density at radius 2 is 2.31 bits per heavy atom. The maximum atomic E-state index is 4.99. The Morgan fingerprint density at radius 3 is 2.94 bits per heavy atom. The van der Waals surface area contributed by atoms with Crippen LogP contribution < -0.4 is 5.32 Å². The number of nitrogens with one attached hydrogen (secondary N) is 1. The van der Waals surface area contributed by atoms with Crippen molar-refractivity contribution in [2.75, 3.05) is 11.9 Å². The molecule has 0 aliphatic heterocycles. The molecule has 2 aromatic heterocycles. The number of hydrogen-bond acceptors (Lipinski definition) is 5. The molecule has 0 aromatic carbocycles. The molecule has 5 nitrogen and oxygen atoms in total. The molecule has 0 unspecified atom stereocenters. The van der Waals surface area contributed by atoms with Crippen LogP contribution in [-0.2, 0) is 6.42 Å². The van der Waals surface area contributed by atoms with Crippen molar-refractivity contribution in [2.45, 2.75) is 13.3 Å². The molecule has 0 spiro atoms. The van der Waals surface area contributed by atoms with Gasteiger partial charge < -0.3 is 9.84 Å². The third-order valence-electron chi connectivity index (χ3n) is 1.94. The lowest BCUT2D eigenvalue weighted by Crippen LogP contribution is -2.06. The number of nitrogens with zero attached hydrogens (tertiary/aromatic N) is 3. The van der Waals surface area contributed by atoms with Gasteiger partial charge in [-0.3, -0.25) is 0 Å². The molecule has 1 N–H and O–H groups in total. The van der Waals surface area contributed by atoms with Crippen LogP contribution in [0.3, 0.4) is 0 Å². The highest BCUT2D eigenvalue weighted by molar-refractivity contribution is 9.10. The predicted octanol–water partition coefficient (Wildman–Crippen LogP) is 2.19. The highest BCUT2D eigenvalue weighted by Crippen LogP contribution is 2.10. The smallest absolute Gasteiger partial charge is 0.228 e. The lowest BCUT2D eigenvalue weighted by Gasteiger charge is -2.02. The summed E-state index contributed by atoms with van der Waals surface area (Å²) < 4.78 is 5.96. The number of rotatable bonds is 4. The van der Waals surface area contributed by atoms with Crippen LogP contribution in [0.25, 0.3) is 0 Å². The average molecular weight is 283 g/mol. The van der Waals surface area contributed by atoms with Crippen LogP contribution in [0.15, 0.2) is 27.3 Å². The number of hydrogen-bond donors (Lipinski definition) is 1. The predicted molar refractivity (Wildman–Crippen MR) is 63.2 cm³/mol. The topological polar surface area (TPSA) is 63.8 Å². The fourth-order valence-corrected chi connectivity index (χ4v) is 1.45. The zero-order chi connectivity index (χ0) is 11.4. The van der Waals surface area contributed by atoms with E-state index in [4.69, 9.17) is 4.52 Å². The number of aryl methyl sites for hydroxylation is 1. The lowest BCUT2D eigenvalue weighted by molar-refractivity contribution is 0.377. The van der Waals surface area contributed by atoms with Crippen LogP contribution in [-0.4, -0.2) is 21.7 Å². The van der Waals surface area contributed by atoms with Gasteiger partial charge in [0.25, 0.3) is 0 Å². The van der Waals surface area contributed by atoms with Crippen molar-refractivity contribution in [1.29, 1.82) is 0 Å². The highest BCUT2D eigenvalue weighted by Gasteiger charge is 2.01. The van der Waals surface area contributed by atoms with E-state index in [2.05, 4.69) is 36.4 Å². The first kappa shape index (κ1) is 11.1. The van der Waals surface area contributed by atoms with E-state index in [1.54, 1.807) is 13.1 Å². The molecule has 0 radical (unpaired) electrons. The third kappa shape index (κ3) is 3.03. The van der Waals surface area contributed by atoms with Crippen molar-refractivity contribution in [3.8, 4) is 0 Å². The number of anilines is 1. The molecule has 2 aromatic rings. The molecule has 0 bridgehead atoms. The second kappa shape index (κ2) is 5.07. The maximum absolute atomic E-state index is 4.99.